The molecule has 3 aliphatic rings. The normalized spacial score (nSPS) is 29.5. The van der Waals surface area contributed by atoms with E-state index in [1.807, 2.05) is 0 Å². The maximum absolute atomic E-state index is 2.32. The Morgan fingerprint density at radius 2 is 1.67 bits per heavy atom. The number of benzene rings is 1. The molecular formula is C15H19+. The minimum atomic E-state index is 0.915. The van der Waals surface area contributed by atoms with Gasteiger partial charge in [-0.15, -0.1) is 0 Å². The van der Waals surface area contributed by atoms with Crippen molar-refractivity contribution in [3.8, 4) is 0 Å². The lowest BCUT2D eigenvalue weighted by Crippen LogP contribution is -2.30. The van der Waals surface area contributed by atoms with E-state index in [9.17, 15) is 0 Å². The minimum absolute atomic E-state index is 0.915. The molecule has 15 heavy (non-hydrogen) atoms. The second-order valence-electron chi connectivity index (χ2n) is 5.31. The molecule has 1 aromatic rings. The Morgan fingerprint density at radius 3 is 2.20 bits per heavy atom. The maximum Gasteiger partial charge on any atom is 0.133 e. The lowest BCUT2D eigenvalue weighted by molar-refractivity contribution is 0.210. The molecule has 0 heteroatoms. The highest BCUT2D eigenvalue weighted by atomic mass is 14.4. The summed E-state index contributed by atoms with van der Waals surface area (Å²) >= 11 is 0. The molecule has 0 heterocycles. The largest absolute Gasteiger partial charge is 0.133 e. The van der Waals surface area contributed by atoms with Crippen molar-refractivity contribution in [1.29, 1.82) is 0 Å². The summed E-state index contributed by atoms with van der Waals surface area (Å²) in [6, 6.07) is 9.16. The highest BCUT2D eigenvalue weighted by molar-refractivity contribution is 5.35. The topological polar surface area (TPSA) is 0 Å². The average Bonchev–Trinajstić information content (AvgIpc) is 2.31. The van der Waals surface area contributed by atoms with E-state index in [-0.39, 0.29) is 0 Å². The van der Waals surface area contributed by atoms with Gasteiger partial charge in [0.15, 0.2) is 0 Å². The standard InChI is InChI=1S/C15H19/c1-11-2-6-13(7-3-11)15-10-12-4-8-14(15)9-5-12/h2-3,6-7,12,14H,4-5,8-10H2,1H3/q+1. The first-order valence-electron chi connectivity index (χ1n) is 6.25. The Hall–Kier alpha value is -0.910. The lowest BCUT2D eigenvalue weighted by Gasteiger charge is -2.38. The molecule has 0 saturated heterocycles. The van der Waals surface area contributed by atoms with Crippen molar-refractivity contribution in [2.45, 2.75) is 39.0 Å². The smallest absolute Gasteiger partial charge is 0.0473 e. The molecule has 0 amide bonds. The number of hydrogen-bond acceptors (Lipinski definition) is 0. The van der Waals surface area contributed by atoms with E-state index >= 15 is 0 Å². The third-order valence-corrected chi connectivity index (χ3v) is 4.27. The molecule has 0 nitrogen and oxygen atoms in total. The Balaban J connectivity index is 1.85. The van der Waals surface area contributed by atoms with E-state index in [1.54, 1.807) is 5.92 Å². The zero-order valence-electron chi connectivity index (χ0n) is 9.50. The van der Waals surface area contributed by atoms with Crippen LogP contribution in [0.25, 0.3) is 0 Å². The van der Waals surface area contributed by atoms with Crippen molar-refractivity contribution < 1.29 is 0 Å². The fourth-order valence-electron chi connectivity index (χ4n) is 3.31. The highest BCUT2D eigenvalue weighted by Crippen LogP contribution is 2.48. The van der Waals surface area contributed by atoms with Crippen LogP contribution in [0.3, 0.4) is 0 Å². The molecule has 78 valence electrons. The van der Waals surface area contributed by atoms with Gasteiger partial charge in [-0.3, -0.25) is 0 Å². The number of rotatable bonds is 1. The Bertz CT molecular complexity index is 328. The summed E-state index contributed by atoms with van der Waals surface area (Å²) in [5.74, 6) is 3.68. The summed E-state index contributed by atoms with van der Waals surface area (Å²) in [5, 5.41) is 0. The Kier molecular flexibility index (Phi) is 2.23. The third-order valence-electron chi connectivity index (χ3n) is 4.27. The van der Waals surface area contributed by atoms with Crippen LogP contribution in [0.15, 0.2) is 24.3 Å². The zero-order chi connectivity index (χ0) is 10.3. The molecule has 0 N–H and O–H groups in total. The van der Waals surface area contributed by atoms with Gasteiger partial charge < -0.3 is 0 Å². The van der Waals surface area contributed by atoms with Crippen LogP contribution in [-0.2, 0) is 0 Å². The molecule has 0 spiro atoms. The number of hydrogen-bond donors (Lipinski definition) is 0. The van der Waals surface area contributed by atoms with Crippen LogP contribution in [0.1, 0.15) is 43.2 Å². The van der Waals surface area contributed by atoms with Crippen molar-refractivity contribution in [3.63, 3.8) is 0 Å². The minimum Gasteiger partial charge on any atom is -0.0473 e. The quantitative estimate of drug-likeness (QED) is 0.597. The van der Waals surface area contributed by atoms with Crippen LogP contribution >= 0.6 is 0 Å². The molecule has 0 atom stereocenters. The predicted octanol–water partition coefficient (Wildman–Crippen LogP) is 4.13. The SMILES string of the molecule is Cc1ccc([C+]2CC3CCC2CC3)cc1. The maximum atomic E-state index is 2.32. The van der Waals surface area contributed by atoms with Crippen LogP contribution in [0, 0.1) is 24.7 Å². The molecule has 0 unspecified atom stereocenters. The van der Waals surface area contributed by atoms with E-state index in [1.165, 1.54) is 43.2 Å². The van der Waals surface area contributed by atoms with Gasteiger partial charge in [-0.1, -0.05) is 0 Å². The predicted molar refractivity (Wildman–Crippen MR) is 63.6 cm³/mol. The molecule has 0 aliphatic heterocycles. The van der Waals surface area contributed by atoms with Gasteiger partial charge in [-0.2, -0.15) is 0 Å². The fourth-order valence-corrected chi connectivity index (χ4v) is 3.31. The van der Waals surface area contributed by atoms with Crippen molar-refractivity contribution in [2.24, 2.45) is 11.8 Å². The molecular weight excluding hydrogens is 180 g/mol. The monoisotopic (exact) mass is 199 g/mol. The van der Waals surface area contributed by atoms with E-state index in [0.29, 0.717) is 0 Å². The van der Waals surface area contributed by atoms with E-state index in [4.69, 9.17) is 0 Å². The van der Waals surface area contributed by atoms with Crippen molar-refractivity contribution in [1.82, 2.24) is 0 Å². The van der Waals surface area contributed by atoms with E-state index < -0.39 is 0 Å². The fraction of sp³-hybridized carbons (Fsp3) is 0.533. The summed E-state index contributed by atoms with van der Waals surface area (Å²) in [4.78, 5) is 0. The second kappa shape index (κ2) is 3.59. The van der Waals surface area contributed by atoms with Crippen LogP contribution < -0.4 is 0 Å². The summed E-state index contributed by atoms with van der Waals surface area (Å²) in [5.41, 5.74) is 2.90. The first-order chi connectivity index (χ1) is 7.33. The second-order valence-corrected chi connectivity index (χ2v) is 5.31. The van der Waals surface area contributed by atoms with Crippen LogP contribution in [-0.4, -0.2) is 0 Å². The van der Waals surface area contributed by atoms with Crippen molar-refractivity contribution >= 4 is 0 Å². The summed E-state index contributed by atoms with van der Waals surface area (Å²) in [6.07, 6.45) is 7.26. The van der Waals surface area contributed by atoms with Gasteiger partial charge in [0.2, 0.25) is 0 Å². The molecule has 3 saturated carbocycles. The van der Waals surface area contributed by atoms with Gasteiger partial charge >= 0.3 is 0 Å². The van der Waals surface area contributed by atoms with E-state index in [0.717, 1.165) is 11.8 Å². The van der Waals surface area contributed by atoms with Gasteiger partial charge in [-0.25, -0.2) is 0 Å². The molecule has 1 aromatic carbocycles. The van der Waals surface area contributed by atoms with Crippen molar-refractivity contribution in [2.75, 3.05) is 0 Å². The number of aryl methyl sites for hydroxylation is 1. The average molecular weight is 199 g/mol. The van der Waals surface area contributed by atoms with Crippen LogP contribution in [0.5, 0.6) is 0 Å². The van der Waals surface area contributed by atoms with E-state index in [2.05, 4.69) is 31.2 Å². The first kappa shape index (κ1) is 9.33. The van der Waals surface area contributed by atoms with Crippen LogP contribution in [0.2, 0.25) is 0 Å². The summed E-state index contributed by atoms with van der Waals surface area (Å²) < 4.78 is 0. The molecule has 2 bridgehead atoms. The summed E-state index contributed by atoms with van der Waals surface area (Å²) in [6.45, 7) is 2.17. The van der Waals surface area contributed by atoms with Gasteiger partial charge in [0.1, 0.15) is 5.56 Å². The molecule has 3 aliphatic carbocycles. The van der Waals surface area contributed by atoms with Gasteiger partial charge in [0.05, 0.1) is 0 Å². The lowest BCUT2D eigenvalue weighted by atomic mass is 9.63. The molecule has 0 aromatic heterocycles. The Labute approximate surface area is 92.7 Å². The zero-order valence-corrected chi connectivity index (χ0v) is 9.50. The molecule has 3 fully saturated rings. The summed E-state index contributed by atoms with van der Waals surface area (Å²) in [7, 11) is 0. The molecule has 0 radical (unpaired) electrons. The third kappa shape index (κ3) is 1.67. The van der Waals surface area contributed by atoms with Gasteiger partial charge in [-0.05, 0) is 56.2 Å². The van der Waals surface area contributed by atoms with Crippen molar-refractivity contribution in [3.05, 3.63) is 41.3 Å². The first-order valence-corrected chi connectivity index (χ1v) is 6.25. The number of fused-ring (bicyclic) bond motifs is 3. The molecule has 4 rings (SSSR count). The van der Waals surface area contributed by atoms with Gasteiger partial charge in [0.25, 0.3) is 0 Å². The van der Waals surface area contributed by atoms with Crippen LogP contribution in [0.4, 0.5) is 0 Å². The van der Waals surface area contributed by atoms with Gasteiger partial charge in [0, 0.05) is 30.4 Å². The highest BCUT2D eigenvalue weighted by Gasteiger charge is 2.40. The Morgan fingerprint density at radius 1 is 1.00 bits per heavy atom.